The third kappa shape index (κ3) is 6.95. The molecule has 242 valence electrons. The van der Waals surface area contributed by atoms with Crippen molar-refractivity contribution in [1.29, 1.82) is 0 Å². The van der Waals surface area contributed by atoms with Gasteiger partial charge in [-0.15, -0.1) is 0 Å². The first-order valence-corrected chi connectivity index (χ1v) is 15.8. The zero-order valence-electron chi connectivity index (χ0n) is 24.1. The molecule has 0 unspecified atom stereocenters. The van der Waals surface area contributed by atoms with Crippen molar-refractivity contribution >= 4 is 15.7 Å². The summed E-state index contributed by atoms with van der Waals surface area (Å²) in [6.07, 6.45) is -4.88. The normalized spacial score (nSPS) is 17.4. The average molecular weight is 663 g/mol. The highest BCUT2D eigenvalue weighted by molar-refractivity contribution is 7.92. The molecule has 2 aliphatic heterocycles. The highest BCUT2D eigenvalue weighted by atomic mass is 32.2. The molecule has 2 heterocycles. The molecule has 0 saturated carbocycles. The summed E-state index contributed by atoms with van der Waals surface area (Å²) >= 11 is 0. The van der Waals surface area contributed by atoms with Crippen molar-refractivity contribution in [1.82, 2.24) is 4.90 Å². The molecule has 0 amide bonds. The molecule has 0 bridgehead atoms. The molecule has 0 aliphatic carbocycles. The fraction of sp³-hybridized carbons (Fsp3) is 0.273. The quantitative estimate of drug-likeness (QED) is 0.173. The first-order chi connectivity index (χ1) is 21.8. The monoisotopic (exact) mass is 662 g/mol. The minimum Gasteiger partial charge on any atom is -0.486 e. The van der Waals surface area contributed by atoms with Crippen molar-refractivity contribution in [3.8, 4) is 22.6 Å². The molecule has 0 spiro atoms. The number of fused-ring (bicyclic) bond motifs is 1. The van der Waals surface area contributed by atoms with E-state index >= 15 is 0 Å². The minimum absolute atomic E-state index is 0.0195. The van der Waals surface area contributed by atoms with Crippen LogP contribution in [-0.4, -0.2) is 45.7 Å². The summed E-state index contributed by atoms with van der Waals surface area (Å²) in [7, 11) is -4.55. The molecule has 2 aliphatic rings. The van der Waals surface area contributed by atoms with Crippen LogP contribution in [0.4, 0.5) is 32.0 Å². The van der Waals surface area contributed by atoms with E-state index in [1.807, 2.05) is 30.3 Å². The predicted molar refractivity (Wildman–Crippen MR) is 159 cm³/mol. The van der Waals surface area contributed by atoms with Crippen LogP contribution in [0, 0.1) is 11.7 Å². The second-order valence-electron chi connectivity index (χ2n) is 11.3. The Balaban J connectivity index is 1.31. The van der Waals surface area contributed by atoms with Crippen LogP contribution in [-0.2, 0) is 22.7 Å². The van der Waals surface area contributed by atoms with Gasteiger partial charge in [-0.25, -0.2) is 12.8 Å². The molecule has 1 atom stereocenters. The third-order valence-corrected chi connectivity index (χ3v) is 9.72. The molecule has 1 fully saturated rings. The van der Waals surface area contributed by atoms with E-state index in [0.29, 0.717) is 12.5 Å². The van der Waals surface area contributed by atoms with Gasteiger partial charge in [0.1, 0.15) is 23.4 Å². The van der Waals surface area contributed by atoms with Gasteiger partial charge in [-0.1, -0.05) is 42.5 Å². The van der Waals surface area contributed by atoms with E-state index in [1.165, 1.54) is 29.8 Å². The lowest BCUT2D eigenvalue weighted by atomic mass is 9.92. The number of benzene rings is 4. The van der Waals surface area contributed by atoms with E-state index < -0.39 is 50.9 Å². The Kier molecular flexibility index (Phi) is 8.64. The number of hydrogen-bond acceptors (Lipinski definition) is 5. The Morgan fingerprint density at radius 3 is 2.35 bits per heavy atom. The Bertz CT molecular complexity index is 1810. The lowest BCUT2D eigenvalue weighted by molar-refractivity contribution is -0.137. The van der Waals surface area contributed by atoms with Gasteiger partial charge in [0.2, 0.25) is 0 Å². The first-order valence-electron chi connectivity index (χ1n) is 14.4. The maximum absolute atomic E-state index is 14.3. The lowest BCUT2D eigenvalue weighted by Gasteiger charge is -2.43. The summed E-state index contributed by atoms with van der Waals surface area (Å²) in [4.78, 5) is 1.70. The number of alkyl halides is 5. The van der Waals surface area contributed by atoms with Gasteiger partial charge in [0, 0.05) is 25.7 Å². The van der Waals surface area contributed by atoms with Crippen molar-refractivity contribution in [2.75, 3.05) is 23.9 Å². The van der Waals surface area contributed by atoms with Crippen molar-refractivity contribution < 1.29 is 44.2 Å². The molecular weight excluding hydrogens is 634 g/mol. The Morgan fingerprint density at radius 1 is 0.870 bits per heavy atom. The van der Waals surface area contributed by atoms with Gasteiger partial charge in [-0.3, -0.25) is 9.21 Å². The second-order valence-corrected chi connectivity index (χ2v) is 13.2. The minimum atomic E-state index is -4.77. The molecule has 4 aromatic carbocycles. The summed E-state index contributed by atoms with van der Waals surface area (Å²) in [5.74, 6) is -0.934. The summed E-state index contributed by atoms with van der Waals surface area (Å²) in [5, 5.41) is 0. The first kappa shape index (κ1) is 31.7. The van der Waals surface area contributed by atoms with Crippen LogP contribution in [0.2, 0.25) is 0 Å². The summed E-state index contributed by atoms with van der Waals surface area (Å²) < 4.78 is 120. The number of sulfonamides is 1. The van der Waals surface area contributed by atoms with Crippen LogP contribution in [0.25, 0.3) is 11.1 Å². The molecule has 1 saturated heterocycles. The highest BCUT2D eigenvalue weighted by Gasteiger charge is 2.39. The maximum Gasteiger partial charge on any atom is 0.416 e. The van der Waals surface area contributed by atoms with Gasteiger partial charge in [-0.05, 0) is 71.5 Å². The number of likely N-dealkylation sites (tertiary alicyclic amines) is 1. The molecular formula is C33H28F6N2O4S. The van der Waals surface area contributed by atoms with E-state index in [4.69, 9.17) is 4.74 Å². The lowest BCUT2D eigenvalue weighted by Crippen LogP contribution is -2.50. The molecule has 0 aromatic heterocycles. The van der Waals surface area contributed by atoms with E-state index in [2.05, 4.69) is 9.64 Å². The molecule has 46 heavy (non-hydrogen) atoms. The van der Waals surface area contributed by atoms with Crippen LogP contribution in [0.3, 0.4) is 0 Å². The number of halogens is 6. The van der Waals surface area contributed by atoms with Gasteiger partial charge in [0.15, 0.2) is 0 Å². The zero-order chi connectivity index (χ0) is 32.6. The molecule has 6 rings (SSSR count). The van der Waals surface area contributed by atoms with E-state index in [9.17, 15) is 34.8 Å². The second kappa shape index (κ2) is 12.5. The fourth-order valence-corrected chi connectivity index (χ4v) is 7.42. The number of hydrogen-bond donors (Lipinski definition) is 0. The van der Waals surface area contributed by atoms with Crippen molar-refractivity contribution in [2.24, 2.45) is 5.92 Å². The van der Waals surface area contributed by atoms with Crippen molar-refractivity contribution in [3.63, 3.8) is 0 Å². The Morgan fingerprint density at radius 2 is 1.63 bits per heavy atom. The fourth-order valence-electron chi connectivity index (χ4n) is 5.87. The van der Waals surface area contributed by atoms with Crippen molar-refractivity contribution in [2.45, 2.75) is 36.8 Å². The maximum atomic E-state index is 14.3. The SMILES string of the molecule is O=S(=O)(c1cccc(C(F)(F)F)c1)N1C[C@H](CC2CN(Cc3ccccc3)C2)Oc2ccc(-c3cc(F)cc(OC(F)F)c3)cc21. The van der Waals surface area contributed by atoms with Gasteiger partial charge in [0.25, 0.3) is 10.0 Å². The molecule has 13 heteroatoms. The number of ether oxygens (including phenoxy) is 2. The largest absolute Gasteiger partial charge is 0.486 e. The van der Waals surface area contributed by atoms with Gasteiger partial charge in [-0.2, -0.15) is 22.0 Å². The van der Waals surface area contributed by atoms with Crippen molar-refractivity contribution in [3.05, 3.63) is 108 Å². The third-order valence-electron chi connectivity index (χ3n) is 7.95. The van der Waals surface area contributed by atoms with Gasteiger partial charge in [0.05, 0.1) is 22.7 Å². The molecule has 4 aromatic rings. The number of nitrogens with zero attached hydrogens (tertiary/aromatic N) is 2. The molecule has 6 nitrogen and oxygen atoms in total. The molecule has 0 radical (unpaired) electrons. The summed E-state index contributed by atoms with van der Waals surface area (Å²) in [6.45, 7) is -1.08. The number of rotatable bonds is 9. The van der Waals surface area contributed by atoms with Crippen LogP contribution >= 0.6 is 0 Å². The standard InChI is InChI=1S/C33H28F6N2O4S/c34-26-12-24(13-27(16-26)45-32(35)36)23-9-10-31-30(14-23)41(46(42,43)29-8-4-7-25(15-29)33(37,38)39)20-28(44-31)11-22-18-40(19-22)17-21-5-2-1-3-6-21/h1-10,12-16,22,28,32H,11,17-20H2/t28-/m0/s1. The van der Waals surface area contributed by atoms with Crippen LogP contribution in [0.15, 0.2) is 95.9 Å². The van der Waals surface area contributed by atoms with E-state index in [0.717, 1.165) is 54.3 Å². The van der Waals surface area contributed by atoms with Crippen LogP contribution < -0.4 is 13.8 Å². The number of anilines is 1. The predicted octanol–water partition coefficient (Wildman–Crippen LogP) is 7.59. The summed E-state index contributed by atoms with van der Waals surface area (Å²) in [5.41, 5.74) is 0.436. The topological polar surface area (TPSA) is 59.1 Å². The van der Waals surface area contributed by atoms with Gasteiger partial charge < -0.3 is 9.47 Å². The van der Waals surface area contributed by atoms with E-state index in [-0.39, 0.29) is 35.0 Å². The zero-order valence-corrected chi connectivity index (χ0v) is 24.9. The van der Waals surface area contributed by atoms with E-state index in [1.54, 1.807) is 0 Å². The molecule has 0 N–H and O–H groups in total. The highest BCUT2D eigenvalue weighted by Crippen LogP contribution is 2.42. The smallest absolute Gasteiger partial charge is 0.416 e. The Labute approximate surface area is 261 Å². The average Bonchev–Trinajstić information content (AvgIpc) is 2.99. The van der Waals surface area contributed by atoms with Crippen LogP contribution in [0.1, 0.15) is 17.5 Å². The van der Waals surface area contributed by atoms with Gasteiger partial charge >= 0.3 is 12.8 Å². The Hall–Kier alpha value is -4.23. The summed E-state index contributed by atoms with van der Waals surface area (Å²) in [6, 6.07) is 20.8. The van der Waals surface area contributed by atoms with Crippen LogP contribution in [0.5, 0.6) is 11.5 Å².